The summed E-state index contributed by atoms with van der Waals surface area (Å²) >= 11 is 9.22. The van der Waals surface area contributed by atoms with E-state index in [1.54, 1.807) is 18.2 Å². The molecule has 0 radical (unpaired) electrons. The highest BCUT2D eigenvalue weighted by Crippen LogP contribution is 2.27. The van der Waals surface area contributed by atoms with E-state index in [1.807, 2.05) is 0 Å². The molecule has 0 aliphatic heterocycles. The maximum atomic E-state index is 11.3. The number of nitrogens with two attached hydrogens (primary N) is 1. The molecule has 1 atom stereocenters. The summed E-state index contributed by atoms with van der Waals surface area (Å²) in [6.07, 6.45) is 0.235. The second-order valence-electron chi connectivity index (χ2n) is 3.86. The van der Waals surface area contributed by atoms with Gasteiger partial charge < -0.3 is 10.5 Å². The molecule has 0 fully saturated rings. The van der Waals surface area contributed by atoms with Crippen molar-refractivity contribution in [3.63, 3.8) is 0 Å². The Morgan fingerprint density at radius 3 is 2.63 bits per heavy atom. The lowest BCUT2D eigenvalue weighted by Crippen LogP contribution is -2.18. The number of halogens is 2. The van der Waals surface area contributed by atoms with Gasteiger partial charge in [-0.15, -0.1) is 0 Å². The molecule has 1 aromatic carbocycles. The Kier molecular flexibility index (Phi) is 6.72. The average Bonchev–Trinajstić information content (AvgIpc) is 2.25. The molecule has 0 saturated carbocycles. The first kappa shape index (κ1) is 16.9. The van der Waals surface area contributed by atoms with E-state index in [1.165, 1.54) is 0 Å². The van der Waals surface area contributed by atoms with Crippen molar-refractivity contribution in [1.82, 2.24) is 0 Å². The van der Waals surface area contributed by atoms with Gasteiger partial charge in [0.15, 0.2) is 0 Å². The van der Waals surface area contributed by atoms with Gasteiger partial charge >= 0.3 is 0 Å². The average molecular weight is 373 g/mol. The summed E-state index contributed by atoms with van der Waals surface area (Å²) in [6.45, 7) is 0.757. The minimum atomic E-state index is -3.60. The first-order chi connectivity index (χ1) is 8.81. The van der Waals surface area contributed by atoms with Gasteiger partial charge in [0.05, 0.1) is 19.5 Å². The molecule has 8 heteroatoms. The van der Waals surface area contributed by atoms with Crippen molar-refractivity contribution in [2.24, 2.45) is 5.73 Å². The monoisotopic (exact) mass is 371 g/mol. The zero-order valence-corrected chi connectivity index (χ0v) is 13.5. The van der Waals surface area contributed by atoms with Crippen LogP contribution in [0.4, 0.5) is 0 Å². The van der Waals surface area contributed by atoms with Gasteiger partial charge in [-0.2, -0.15) is 8.42 Å². The Morgan fingerprint density at radius 2 is 2.11 bits per heavy atom. The van der Waals surface area contributed by atoms with Crippen LogP contribution >= 0.6 is 27.5 Å². The van der Waals surface area contributed by atoms with Crippen LogP contribution in [0.3, 0.4) is 0 Å². The van der Waals surface area contributed by atoms with Crippen molar-refractivity contribution in [3.8, 4) is 0 Å². The van der Waals surface area contributed by atoms with Gasteiger partial charge in [-0.3, -0.25) is 4.18 Å². The Hall–Kier alpha value is -0.180. The summed E-state index contributed by atoms with van der Waals surface area (Å²) < 4.78 is 33.5. The van der Waals surface area contributed by atoms with E-state index in [9.17, 15) is 8.42 Å². The quantitative estimate of drug-likeness (QED) is 0.586. The Labute approximate surface area is 126 Å². The van der Waals surface area contributed by atoms with E-state index in [2.05, 4.69) is 15.9 Å². The number of hydrogen-bond donors (Lipinski definition) is 1. The van der Waals surface area contributed by atoms with Gasteiger partial charge in [-0.05, 0) is 23.8 Å². The predicted molar refractivity (Wildman–Crippen MR) is 77.7 cm³/mol. The Bertz CT molecular complexity index is 503. The lowest BCUT2D eigenvalue weighted by molar-refractivity contribution is 0.0572. The Morgan fingerprint density at radius 1 is 1.42 bits per heavy atom. The predicted octanol–water partition coefficient (Wildman–Crippen LogP) is 2.10. The van der Waals surface area contributed by atoms with Crippen molar-refractivity contribution in [2.45, 2.75) is 6.10 Å². The van der Waals surface area contributed by atoms with E-state index in [0.29, 0.717) is 23.7 Å². The second-order valence-corrected chi connectivity index (χ2v) is 6.81. The van der Waals surface area contributed by atoms with Crippen molar-refractivity contribution in [3.05, 3.63) is 33.3 Å². The summed E-state index contributed by atoms with van der Waals surface area (Å²) in [4.78, 5) is 0. The fourth-order valence-corrected chi connectivity index (χ4v) is 2.90. The highest BCUT2D eigenvalue weighted by Gasteiger charge is 2.19. The third kappa shape index (κ3) is 6.69. The molecule has 0 bridgehead atoms. The van der Waals surface area contributed by atoms with Gasteiger partial charge in [0, 0.05) is 16.0 Å². The van der Waals surface area contributed by atoms with Gasteiger partial charge in [-0.1, -0.05) is 27.5 Å². The molecule has 0 aromatic heterocycles. The fourth-order valence-electron chi connectivity index (χ4n) is 1.43. The maximum Gasteiger partial charge on any atom is 0.265 e. The standard InChI is InChI=1S/C11H15BrClNO4S/c1-19(15,16)18-11(7-17-3-2-14)8-4-9(12)6-10(13)5-8/h4-6,11H,2-3,7,14H2,1H3/t11-/m1/s1. The Balaban J connectivity index is 2.93. The smallest absolute Gasteiger partial charge is 0.265 e. The molecule has 0 aliphatic rings. The summed E-state index contributed by atoms with van der Waals surface area (Å²) in [5.41, 5.74) is 5.93. The second kappa shape index (κ2) is 7.56. The van der Waals surface area contributed by atoms with Crippen molar-refractivity contribution >= 4 is 37.6 Å². The summed E-state index contributed by atoms with van der Waals surface area (Å²) in [5.74, 6) is 0. The normalized spacial score (nSPS) is 13.5. The van der Waals surface area contributed by atoms with Crippen LogP contribution in [0, 0.1) is 0 Å². The topological polar surface area (TPSA) is 78.6 Å². The number of ether oxygens (including phenoxy) is 1. The molecule has 1 aromatic rings. The SMILES string of the molecule is CS(=O)(=O)O[C@H](COCCN)c1cc(Cl)cc(Br)c1. The number of rotatable bonds is 7. The minimum Gasteiger partial charge on any atom is -0.377 e. The van der Waals surface area contributed by atoms with E-state index in [0.717, 1.165) is 10.7 Å². The molecule has 1 rings (SSSR count). The molecule has 108 valence electrons. The zero-order valence-electron chi connectivity index (χ0n) is 10.3. The summed E-state index contributed by atoms with van der Waals surface area (Å²) in [7, 11) is -3.60. The zero-order chi connectivity index (χ0) is 14.5. The van der Waals surface area contributed by atoms with E-state index in [-0.39, 0.29) is 6.61 Å². The largest absolute Gasteiger partial charge is 0.377 e. The fraction of sp³-hybridized carbons (Fsp3) is 0.455. The third-order valence-corrected chi connectivity index (χ3v) is 3.34. The summed E-state index contributed by atoms with van der Waals surface area (Å²) in [6, 6.07) is 5.06. The molecular formula is C11H15BrClNO4S. The lowest BCUT2D eigenvalue weighted by atomic mass is 10.1. The number of benzene rings is 1. The highest BCUT2D eigenvalue weighted by atomic mass is 79.9. The maximum absolute atomic E-state index is 11.3. The summed E-state index contributed by atoms with van der Waals surface area (Å²) in [5, 5.41) is 0.477. The van der Waals surface area contributed by atoms with Gasteiger partial charge in [0.2, 0.25) is 0 Å². The van der Waals surface area contributed by atoms with Crippen LogP contribution in [0.5, 0.6) is 0 Å². The minimum absolute atomic E-state index is 0.0804. The molecule has 0 amide bonds. The molecule has 5 nitrogen and oxygen atoms in total. The van der Waals surface area contributed by atoms with E-state index < -0.39 is 16.2 Å². The molecule has 0 saturated heterocycles. The first-order valence-corrected chi connectivity index (χ1v) is 8.42. The van der Waals surface area contributed by atoms with Crippen LogP contribution in [-0.2, 0) is 19.0 Å². The van der Waals surface area contributed by atoms with E-state index >= 15 is 0 Å². The van der Waals surface area contributed by atoms with Crippen molar-refractivity contribution in [1.29, 1.82) is 0 Å². The van der Waals surface area contributed by atoms with Gasteiger partial charge in [0.25, 0.3) is 10.1 Å². The lowest BCUT2D eigenvalue weighted by Gasteiger charge is -2.17. The molecule has 0 unspecified atom stereocenters. The van der Waals surface area contributed by atoms with Gasteiger partial charge in [0.1, 0.15) is 6.10 Å². The van der Waals surface area contributed by atoms with Crippen LogP contribution in [0.2, 0.25) is 5.02 Å². The molecule has 0 heterocycles. The van der Waals surface area contributed by atoms with Crippen LogP contribution in [0.25, 0.3) is 0 Å². The first-order valence-electron chi connectivity index (χ1n) is 5.44. The molecule has 2 N–H and O–H groups in total. The van der Waals surface area contributed by atoms with E-state index in [4.69, 9.17) is 26.3 Å². The van der Waals surface area contributed by atoms with Crippen LogP contribution in [-0.4, -0.2) is 34.4 Å². The van der Waals surface area contributed by atoms with Crippen molar-refractivity contribution < 1.29 is 17.3 Å². The molecule has 0 aliphatic carbocycles. The van der Waals surface area contributed by atoms with Crippen LogP contribution in [0.1, 0.15) is 11.7 Å². The molecular weight excluding hydrogens is 358 g/mol. The number of hydrogen-bond acceptors (Lipinski definition) is 5. The van der Waals surface area contributed by atoms with Crippen molar-refractivity contribution in [2.75, 3.05) is 26.0 Å². The molecule has 0 spiro atoms. The third-order valence-electron chi connectivity index (χ3n) is 2.08. The van der Waals surface area contributed by atoms with Gasteiger partial charge in [-0.25, -0.2) is 0 Å². The highest BCUT2D eigenvalue weighted by molar-refractivity contribution is 9.10. The molecule has 19 heavy (non-hydrogen) atoms. The van der Waals surface area contributed by atoms with Crippen LogP contribution < -0.4 is 5.73 Å². The van der Waals surface area contributed by atoms with Crippen LogP contribution in [0.15, 0.2) is 22.7 Å².